The molecule has 106 valence electrons. The van der Waals surface area contributed by atoms with Gasteiger partial charge in [0.2, 0.25) is 10.0 Å². The molecule has 1 atom stereocenters. The fraction of sp³-hybridized carbons (Fsp3) is 0.385. The second-order valence-corrected chi connectivity index (χ2v) is 6.99. The van der Waals surface area contributed by atoms with Crippen molar-refractivity contribution in [3.8, 4) is 11.5 Å². The number of H-pyrrole nitrogens is 1. The minimum Gasteiger partial charge on any atom is -0.340 e. The summed E-state index contributed by atoms with van der Waals surface area (Å²) >= 11 is 0. The highest BCUT2D eigenvalue weighted by atomic mass is 32.2. The lowest BCUT2D eigenvalue weighted by molar-refractivity contribution is 0.478. The summed E-state index contributed by atoms with van der Waals surface area (Å²) in [5.41, 5.74) is 1.76. The van der Waals surface area contributed by atoms with Crippen molar-refractivity contribution < 1.29 is 8.42 Å². The van der Waals surface area contributed by atoms with Gasteiger partial charge < -0.3 is 4.98 Å². The average Bonchev–Trinajstić information content (AvgIpc) is 3.08. The zero-order chi connectivity index (χ0) is 14.2. The number of imidazole rings is 1. The number of pyridine rings is 1. The molecule has 1 unspecified atom stereocenters. The first-order valence-electron chi connectivity index (χ1n) is 6.45. The molecule has 2 aromatic rings. The van der Waals surface area contributed by atoms with E-state index in [1.54, 1.807) is 12.4 Å². The van der Waals surface area contributed by atoms with Gasteiger partial charge in [-0.2, -0.15) is 0 Å². The van der Waals surface area contributed by atoms with E-state index >= 15 is 0 Å². The maximum Gasteiger partial charge on any atom is 0.211 e. The van der Waals surface area contributed by atoms with Crippen LogP contribution in [-0.4, -0.2) is 47.0 Å². The van der Waals surface area contributed by atoms with Crippen LogP contribution in [0.3, 0.4) is 0 Å². The van der Waals surface area contributed by atoms with Crippen LogP contribution in [0.25, 0.3) is 11.5 Å². The van der Waals surface area contributed by atoms with Gasteiger partial charge in [-0.1, -0.05) is 6.07 Å². The molecule has 1 fully saturated rings. The van der Waals surface area contributed by atoms with Gasteiger partial charge in [-0.05, 0) is 18.6 Å². The summed E-state index contributed by atoms with van der Waals surface area (Å²) in [6, 6.07) is 5.65. The first-order valence-corrected chi connectivity index (χ1v) is 8.30. The normalized spacial score (nSPS) is 20.4. The molecule has 3 heterocycles. The van der Waals surface area contributed by atoms with Crippen LogP contribution < -0.4 is 0 Å². The molecule has 20 heavy (non-hydrogen) atoms. The fourth-order valence-corrected chi connectivity index (χ4v) is 3.35. The third kappa shape index (κ3) is 2.59. The van der Waals surface area contributed by atoms with Crippen molar-refractivity contribution in [3.63, 3.8) is 0 Å². The highest BCUT2D eigenvalue weighted by Gasteiger charge is 2.30. The second-order valence-electron chi connectivity index (χ2n) is 5.01. The summed E-state index contributed by atoms with van der Waals surface area (Å²) in [5.74, 6) is 0.896. The second kappa shape index (κ2) is 4.99. The Morgan fingerprint density at radius 3 is 2.85 bits per heavy atom. The number of sulfonamides is 1. The number of rotatable bonds is 3. The molecular formula is C13H16N4O2S. The van der Waals surface area contributed by atoms with Gasteiger partial charge >= 0.3 is 0 Å². The number of nitrogens with one attached hydrogen (secondary N) is 1. The smallest absolute Gasteiger partial charge is 0.211 e. The number of hydrogen-bond donors (Lipinski definition) is 1. The largest absolute Gasteiger partial charge is 0.340 e. The standard InChI is InChI=1S/C13H16N4O2S/c1-20(18,19)17-7-5-10(9-17)12-8-15-13(16-12)11-4-2-3-6-14-11/h2-4,6,8,10H,5,7,9H2,1H3,(H,15,16). The van der Waals surface area contributed by atoms with Gasteiger partial charge in [0.25, 0.3) is 0 Å². The quantitative estimate of drug-likeness (QED) is 0.922. The lowest BCUT2D eigenvalue weighted by atomic mass is 10.1. The molecule has 0 aromatic carbocycles. The van der Waals surface area contributed by atoms with E-state index in [0.29, 0.717) is 13.1 Å². The van der Waals surface area contributed by atoms with Crippen molar-refractivity contribution in [2.24, 2.45) is 0 Å². The minimum atomic E-state index is -3.10. The molecule has 1 saturated heterocycles. The van der Waals surface area contributed by atoms with Crippen LogP contribution in [0.4, 0.5) is 0 Å². The molecular weight excluding hydrogens is 276 g/mol. The Labute approximate surface area is 117 Å². The summed E-state index contributed by atoms with van der Waals surface area (Å²) in [6.45, 7) is 1.09. The van der Waals surface area contributed by atoms with Crippen molar-refractivity contribution in [1.29, 1.82) is 0 Å². The molecule has 0 radical (unpaired) electrons. The van der Waals surface area contributed by atoms with Crippen LogP contribution in [0.5, 0.6) is 0 Å². The van der Waals surface area contributed by atoms with E-state index in [4.69, 9.17) is 0 Å². The van der Waals surface area contributed by atoms with E-state index in [1.165, 1.54) is 10.6 Å². The van der Waals surface area contributed by atoms with Crippen molar-refractivity contribution in [1.82, 2.24) is 19.3 Å². The third-order valence-corrected chi connectivity index (χ3v) is 4.83. The summed E-state index contributed by atoms with van der Waals surface area (Å²) < 4.78 is 24.6. The minimum absolute atomic E-state index is 0.176. The average molecular weight is 292 g/mol. The van der Waals surface area contributed by atoms with Gasteiger partial charge in [-0.15, -0.1) is 0 Å². The summed E-state index contributed by atoms with van der Waals surface area (Å²) in [6.07, 6.45) is 5.57. The Bertz CT molecular complexity index is 696. The molecule has 0 spiro atoms. The predicted molar refractivity (Wildman–Crippen MR) is 75.6 cm³/mol. The number of aromatic amines is 1. The molecule has 0 amide bonds. The van der Waals surface area contributed by atoms with E-state index in [9.17, 15) is 8.42 Å². The Morgan fingerprint density at radius 1 is 1.35 bits per heavy atom. The van der Waals surface area contributed by atoms with Crippen LogP contribution in [0, 0.1) is 0 Å². The zero-order valence-corrected chi connectivity index (χ0v) is 12.0. The molecule has 0 saturated carbocycles. The van der Waals surface area contributed by atoms with Gasteiger partial charge in [0.1, 0.15) is 5.69 Å². The van der Waals surface area contributed by atoms with E-state index in [0.717, 1.165) is 23.6 Å². The number of aromatic nitrogens is 3. The Balaban J connectivity index is 1.79. The van der Waals surface area contributed by atoms with E-state index in [2.05, 4.69) is 15.0 Å². The molecule has 3 rings (SSSR count). The SMILES string of the molecule is CS(=O)(=O)N1CCC(c2cnc(-c3ccccn3)[nH]2)C1. The van der Waals surface area contributed by atoms with Gasteiger partial charge in [0.15, 0.2) is 5.82 Å². The number of hydrogen-bond acceptors (Lipinski definition) is 4. The van der Waals surface area contributed by atoms with Gasteiger partial charge in [-0.3, -0.25) is 4.98 Å². The van der Waals surface area contributed by atoms with Gasteiger partial charge in [-0.25, -0.2) is 17.7 Å². The molecule has 7 heteroatoms. The maximum atomic E-state index is 11.5. The first kappa shape index (κ1) is 13.3. The van der Waals surface area contributed by atoms with E-state index in [1.807, 2.05) is 18.2 Å². The number of nitrogens with zero attached hydrogens (tertiary/aromatic N) is 3. The molecule has 2 aromatic heterocycles. The van der Waals surface area contributed by atoms with E-state index < -0.39 is 10.0 Å². The van der Waals surface area contributed by atoms with E-state index in [-0.39, 0.29) is 5.92 Å². The third-order valence-electron chi connectivity index (χ3n) is 3.56. The fourth-order valence-electron chi connectivity index (χ4n) is 2.46. The topological polar surface area (TPSA) is 79.0 Å². The summed E-state index contributed by atoms with van der Waals surface area (Å²) in [5, 5.41) is 0. The highest BCUT2D eigenvalue weighted by molar-refractivity contribution is 7.88. The Kier molecular flexibility index (Phi) is 3.31. The van der Waals surface area contributed by atoms with Gasteiger partial charge in [0.05, 0.1) is 6.26 Å². The lowest BCUT2D eigenvalue weighted by Crippen LogP contribution is -2.27. The van der Waals surface area contributed by atoms with Crippen LogP contribution in [-0.2, 0) is 10.0 Å². The van der Waals surface area contributed by atoms with Crippen molar-refractivity contribution >= 4 is 10.0 Å². The Hall–Kier alpha value is -1.73. The molecule has 0 bridgehead atoms. The molecule has 6 nitrogen and oxygen atoms in total. The van der Waals surface area contributed by atoms with Crippen molar-refractivity contribution in [2.45, 2.75) is 12.3 Å². The summed E-state index contributed by atoms with van der Waals surface area (Å²) in [4.78, 5) is 11.8. The van der Waals surface area contributed by atoms with Crippen molar-refractivity contribution in [2.75, 3.05) is 19.3 Å². The molecule has 1 aliphatic heterocycles. The van der Waals surface area contributed by atoms with Crippen LogP contribution >= 0.6 is 0 Å². The lowest BCUT2D eigenvalue weighted by Gasteiger charge is -2.12. The molecule has 1 aliphatic rings. The van der Waals surface area contributed by atoms with Crippen LogP contribution in [0.1, 0.15) is 18.0 Å². The molecule has 1 N–H and O–H groups in total. The van der Waals surface area contributed by atoms with Crippen LogP contribution in [0.2, 0.25) is 0 Å². The first-order chi connectivity index (χ1) is 9.54. The maximum absolute atomic E-state index is 11.5. The van der Waals surface area contributed by atoms with Crippen LogP contribution in [0.15, 0.2) is 30.6 Å². The molecule has 0 aliphatic carbocycles. The predicted octanol–water partition coefficient (Wildman–Crippen LogP) is 1.22. The zero-order valence-electron chi connectivity index (χ0n) is 11.2. The Morgan fingerprint density at radius 2 is 2.20 bits per heavy atom. The van der Waals surface area contributed by atoms with Crippen molar-refractivity contribution in [3.05, 3.63) is 36.3 Å². The monoisotopic (exact) mass is 292 g/mol. The highest BCUT2D eigenvalue weighted by Crippen LogP contribution is 2.28. The van der Waals surface area contributed by atoms with Gasteiger partial charge in [0, 0.05) is 37.1 Å². The summed E-state index contributed by atoms with van der Waals surface area (Å²) in [7, 11) is -3.10.